The number of halogens is 4. The van der Waals surface area contributed by atoms with Crippen LogP contribution in [0.3, 0.4) is 0 Å². The minimum Gasteiger partial charge on any atom is -0.493 e. The lowest BCUT2D eigenvalue weighted by molar-refractivity contribution is -0.114. The number of carbonyl (C=O) groups excluding carboxylic acids is 1. The molecule has 5 nitrogen and oxygen atoms in total. The second kappa shape index (κ2) is 9.38. The monoisotopic (exact) mass is 470 g/mol. The van der Waals surface area contributed by atoms with E-state index in [1.54, 1.807) is 36.4 Å². The van der Waals surface area contributed by atoms with Crippen molar-refractivity contribution in [1.29, 1.82) is 0 Å². The number of rotatable bonds is 6. The van der Waals surface area contributed by atoms with Crippen LogP contribution in [0.4, 0.5) is 23.2 Å². The average Bonchev–Trinajstić information content (AvgIpc) is 3.16. The zero-order chi connectivity index (χ0) is 24.3. The molecule has 0 spiro atoms. The fraction of sp³-hybridized carbons (Fsp3) is 0.120. The van der Waals surface area contributed by atoms with Gasteiger partial charge >= 0.3 is 6.18 Å². The molecular formula is C25H18F4N2O3. The zero-order valence-corrected chi connectivity index (χ0v) is 17.8. The number of hydrogen-bond acceptors (Lipinski definition) is 4. The molecule has 3 aromatic carbocycles. The maximum absolute atomic E-state index is 13.8. The highest BCUT2D eigenvalue weighted by Crippen LogP contribution is 2.34. The van der Waals surface area contributed by atoms with Crippen molar-refractivity contribution in [2.45, 2.75) is 12.8 Å². The molecule has 1 heterocycles. The van der Waals surface area contributed by atoms with Crippen molar-refractivity contribution in [3.63, 3.8) is 0 Å². The van der Waals surface area contributed by atoms with Gasteiger partial charge in [-0.05, 0) is 42.0 Å². The van der Waals surface area contributed by atoms with E-state index in [-0.39, 0.29) is 29.4 Å². The predicted octanol–water partition coefficient (Wildman–Crippen LogP) is 5.76. The summed E-state index contributed by atoms with van der Waals surface area (Å²) in [5, 5.41) is 4.26. The summed E-state index contributed by atoms with van der Waals surface area (Å²) < 4.78 is 65.7. The molecule has 0 aliphatic carbocycles. The first-order chi connectivity index (χ1) is 16.3. The number of ether oxygens (including phenoxy) is 2. The Hall–Kier alpha value is -4.14. The molecule has 0 fully saturated rings. The normalized spacial score (nSPS) is 15.0. The van der Waals surface area contributed by atoms with Crippen LogP contribution in [0.15, 0.2) is 83.5 Å². The van der Waals surface area contributed by atoms with Gasteiger partial charge in [-0.15, -0.1) is 0 Å². The van der Waals surface area contributed by atoms with Gasteiger partial charge in [-0.3, -0.25) is 4.79 Å². The molecule has 174 valence electrons. The Kier molecular flexibility index (Phi) is 6.36. The summed E-state index contributed by atoms with van der Waals surface area (Å²) in [6.45, 7) is -0.0706. The van der Waals surface area contributed by atoms with E-state index in [0.717, 1.165) is 11.1 Å². The Bertz CT molecular complexity index is 1270. The Balaban J connectivity index is 1.64. The van der Waals surface area contributed by atoms with Gasteiger partial charge in [0.15, 0.2) is 17.2 Å². The van der Waals surface area contributed by atoms with Crippen LogP contribution in [-0.4, -0.2) is 24.9 Å². The lowest BCUT2D eigenvalue weighted by atomic mass is 10.1. The van der Waals surface area contributed by atoms with E-state index >= 15 is 0 Å². The molecular weight excluding hydrogens is 452 g/mol. The van der Waals surface area contributed by atoms with Crippen molar-refractivity contribution in [2.24, 2.45) is 5.10 Å². The van der Waals surface area contributed by atoms with Crippen molar-refractivity contribution in [3.8, 4) is 11.5 Å². The molecule has 1 amide bonds. The highest BCUT2D eigenvalue weighted by atomic mass is 19.4. The topological polar surface area (TPSA) is 51.1 Å². The van der Waals surface area contributed by atoms with Gasteiger partial charge in [0.1, 0.15) is 12.4 Å². The van der Waals surface area contributed by atoms with Crippen molar-refractivity contribution in [1.82, 2.24) is 0 Å². The summed E-state index contributed by atoms with van der Waals surface area (Å²) >= 11 is 0. The average molecular weight is 470 g/mol. The Morgan fingerprint density at radius 3 is 2.35 bits per heavy atom. The summed E-state index contributed by atoms with van der Waals surface area (Å²) in [5.41, 5.74) is -1.07. The standard InChI is InChI=1S/C25H18F4N2O3/c1-33-22-14-16(11-12-21(22)34-15-17-7-5-6-10-20(17)26)13-19-23(25(27,28)29)30-31(24(19)32)18-8-3-2-4-9-18/h2-14H,15H2,1H3/b19-13-. The van der Waals surface area contributed by atoms with Crippen molar-refractivity contribution in [3.05, 3.63) is 95.3 Å². The first kappa shape index (κ1) is 23.0. The largest absolute Gasteiger partial charge is 0.493 e. The van der Waals surface area contributed by atoms with Crippen LogP contribution in [0.25, 0.3) is 6.08 Å². The molecule has 0 saturated carbocycles. The number of nitrogens with zero attached hydrogens (tertiary/aromatic N) is 2. The molecule has 0 N–H and O–H groups in total. The number of carbonyl (C=O) groups is 1. The van der Waals surface area contributed by atoms with Gasteiger partial charge in [0, 0.05) is 5.56 Å². The summed E-state index contributed by atoms with van der Waals surface area (Å²) in [4.78, 5) is 12.8. The molecule has 0 bridgehead atoms. The first-order valence-corrected chi connectivity index (χ1v) is 10.1. The van der Waals surface area contributed by atoms with Crippen LogP contribution >= 0.6 is 0 Å². The molecule has 34 heavy (non-hydrogen) atoms. The Labute approximate surface area is 192 Å². The van der Waals surface area contributed by atoms with Crippen LogP contribution in [0.2, 0.25) is 0 Å². The number of anilines is 1. The number of hydrazone groups is 1. The summed E-state index contributed by atoms with van der Waals surface area (Å²) in [6.07, 6.45) is -3.74. The maximum Gasteiger partial charge on any atom is 0.435 e. The molecule has 0 radical (unpaired) electrons. The van der Waals surface area contributed by atoms with E-state index in [1.165, 1.54) is 43.5 Å². The molecule has 0 atom stereocenters. The van der Waals surface area contributed by atoms with Gasteiger partial charge in [0.25, 0.3) is 5.91 Å². The van der Waals surface area contributed by atoms with Gasteiger partial charge in [0.05, 0.1) is 18.4 Å². The minimum atomic E-state index is -4.84. The molecule has 0 unspecified atom stereocenters. The van der Waals surface area contributed by atoms with E-state index in [2.05, 4.69) is 5.10 Å². The quantitative estimate of drug-likeness (QED) is 0.340. The van der Waals surface area contributed by atoms with Crippen LogP contribution in [0.1, 0.15) is 11.1 Å². The molecule has 1 aliphatic heterocycles. The van der Waals surface area contributed by atoms with Gasteiger partial charge in [-0.25, -0.2) is 4.39 Å². The van der Waals surface area contributed by atoms with Crippen LogP contribution in [-0.2, 0) is 11.4 Å². The summed E-state index contributed by atoms with van der Waals surface area (Å²) in [5.74, 6) is -0.857. The van der Waals surface area contributed by atoms with Crippen LogP contribution in [0.5, 0.6) is 11.5 Å². The number of para-hydroxylation sites is 1. The Morgan fingerprint density at radius 2 is 1.68 bits per heavy atom. The molecule has 0 saturated heterocycles. The minimum absolute atomic E-state index is 0.0706. The molecule has 1 aliphatic rings. The van der Waals surface area contributed by atoms with Gasteiger partial charge < -0.3 is 9.47 Å². The number of methoxy groups -OCH3 is 1. The van der Waals surface area contributed by atoms with E-state index in [0.29, 0.717) is 5.56 Å². The Morgan fingerprint density at radius 1 is 0.971 bits per heavy atom. The smallest absolute Gasteiger partial charge is 0.435 e. The second-order valence-corrected chi connectivity index (χ2v) is 7.25. The summed E-state index contributed by atoms with van der Waals surface area (Å²) in [7, 11) is 1.36. The SMILES string of the molecule is COc1cc(/C=C2\C(=O)N(c3ccccc3)N=C2C(F)(F)F)ccc1OCc1ccccc1F. The molecule has 4 rings (SSSR count). The predicted molar refractivity (Wildman–Crippen MR) is 119 cm³/mol. The van der Waals surface area contributed by atoms with Gasteiger partial charge in [-0.2, -0.15) is 23.3 Å². The lowest BCUT2D eigenvalue weighted by Crippen LogP contribution is -2.25. The lowest BCUT2D eigenvalue weighted by Gasteiger charge is -2.12. The third kappa shape index (κ3) is 4.78. The zero-order valence-electron chi connectivity index (χ0n) is 17.8. The number of alkyl halides is 3. The fourth-order valence-corrected chi connectivity index (χ4v) is 3.33. The van der Waals surface area contributed by atoms with Crippen molar-refractivity contribution in [2.75, 3.05) is 12.1 Å². The number of benzene rings is 3. The maximum atomic E-state index is 13.8. The van der Waals surface area contributed by atoms with Crippen molar-refractivity contribution < 1.29 is 31.8 Å². The highest BCUT2D eigenvalue weighted by molar-refractivity contribution is 6.34. The first-order valence-electron chi connectivity index (χ1n) is 10.1. The van der Waals surface area contributed by atoms with Gasteiger partial charge in [-0.1, -0.05) is 42.5 Å². The van der Waals surface area contributed by atoms with Crippen molar-refractivity contribution >= 4 is 23.4 Å². The second-order valence-electron chi connectivity index (χ2n) is 7.25. The van der Waals surface area contributed by atoms with E-state index in [4.69, 9.17) is 9.47 Å². The summed E-state index contributed by atoms with van der Waals surface area (Å²) in [6, 6.07) is 18.3. The fourth-order valence-electron chi connectivity index (χ4n) is 3.33. The molecule has 3 aromatic rings. The van der Waals surface area contributed by atoms with Crippen LogP contribution < -0.4 is 14.5 Å². The van der Waals surface area contributed by atoms with E-state index in [1.807, 2.05) is 0 Å². The third-order valence-corrected chi connectivity index (χ3v) is 4.99. The number of hydrogen-bond donors (Lipinski definition) is 0. The third-order valence-electron chi connectivity index (χ3n) is 4.99. The van der Waals surface area contributed by atoms with E-state index in [9.17, 15) is 22.4 Å². The number of amides is 1. The highest BCUT2D eigenvalue weighted by Gasteiger charge is 2.46. The van der Waals surface area contributed by atoms with Gasteiger partial charge in [0.2, 0.25) is 0 Å². The molecule has 9 heteroatoms. The van der Waals surface area contributed by atoms with Crippen LogP contribution in [0, 0.1) is 5.82 Å². The molecule has 0 aromatic heterocycles. The van der Waals surface area contributed by atoms with E-state index < -0.39 is 29.2 Å².